The number of ether oxygens (including phenoxy) is 2. The van der Waals surface area contributed by atoms with Crippen LogP contribution in [-0.2, 0) is 14.3 Å². The average molecular weight is 245 g/mol. The van der Waals surface area contributed by atoms with Crippen LogP contribution in [0.1, 0.15) is 26.2 Å². The molecule has 1 heterocycles. The van der Waals surface area contributed by atoms with Gasteiger partial charge in [-0.3, -0.25) is 4.79 Å². The molecule has 1 aliphatic rings. The van der Waals surface area contributed by atoms with Gasteiger partial charge in [-0.1, -0.05) is 0 Å². The molecule has 0 spiro atoms. The zero-order chi connectivity index (χ0) is 12.8. The summed E-state index contributed by atoms with van der Waals surface area (Å²) in [5, 5.41) is 8.87. The first-order chi connectivity index (χ1) is 8.10. The summed E-state index contributed by atoms with van der Waals surface area (Å²) in [6, 6.07) is -0.440. The van der Waals surface area contributed by atoms with Crippen LogP contribution in [0.15, 0.2) is 0 Å². The fraction of sp³-hybridized carbons (Fsp3) is 0.818. The van der Waals surface area contributed by atoms with Gasteiger partial charge in [0, 0.05) is 13.7 Å². The zero-order valence-electron chi connectivity index (χ0n) is 10.2. The third-order valence-corrected chi connectivity index (χ3v) is 2.91. The predicted molar refractivity (Wildman–Crippen MR) is 59.8 cm³/mol. The Kier molecular flexibility index (Phi) is 5.21. The van der Waals surface area contributed by atoms with Gasteiger partial charge in [0.2, 0.25) is 0 Å². The van der Waals surface area contributed by atoms with Gasteiger partial charge in [-0.2, -0.15) is 0 Å². The van der Waals surface area contributed by atoms with Crippen molar-refractivity contribution in [1.82, 2.24) is 4.90 Å². The molecule has 0 bridgehead atoms. The van der Waals surface area contributed by atoms with Crippen LogP contribution in [0, 0.1) is 0 Å². The summed E-state index contributed by atoms with van der Waals surface area (Å²) in [6.07, 6.45) is 0.763. The van der Waals surface area contributed by atoms with E-state index in [1.54, 1.807) is 6.92 Å². The molecule has 0 aromatic heterocycles. The molecule has 2 atom stereocenters. The third-order valence-electron chi connectivity index (χ3n) is 2.91. The lowest BCUT2D eigenvalue weighted by Gasteiger charge is -2.39. The highest BCUT2D eigenvalue weighted by atomic mass is 16.6. The van der Waals surface area contributed by atoms with Crippen LogP contribution in [0.4, 0.5) is 4.79 Å². The smallest absolute Gasteiger partial charge is 0.410 e. The highest BCUT2D eigenvalue weighted by Gasteiger charge is 2.36. The van der Waals surface area contributed by atoms with Crippen molar-refractivity contribution in [3.63, 3.8) is 0 Å². The van der Waals surface area contributed by atoms with E-state index in [1.807, 2.05) is 0 Å². The summed E-state index contributed by atoms with van der Waals surface area (Å²) in [5.74, 6) is -0.937. The zero-order valence-corrected chi connectivity index (χ0v) is 10.2. The van der Waals surface area contributed by atoms with E-state index in [0.29, 0.717) is 6.54 Å². The van der Waals surface area contributed by atoms with Crippen molar-refractivity contribution in [2.24, 2.45) is 0 Å². The summed E-state index contributed by atoms with van der Waals surface area (Å²) >= 11 is 0. The van der Waals surface area contributed by atoms with Crippen molar-refractivity contribution >= 4 is 12.1 Å². The SMILES string of the molecule is CCOC(=O)N1CCCC(OC)C1CC(=O)O. The Bertz CT molecular complexity index is 281. The Balaban J connectivity index is 2.75. The molecule has 0 aliphatic carbocycles. The number of nitrogens with zero attached hydrogens (tertiary/aromatic N) is 1. The number of piperidine rings is 1. The highest BCUT2D eigenvalue weighted by Crippen LogP contribution is 2.23. The number of methoxy groups -OCH3 is 1. The van der Waals surface area contributed by atoms with Gasteiger partial charge in [-0.25, -0.2) is 4.79 Å². The van der Waals surface area contributed by atoms with E-state index in [0.717, 1.165) is 12.8 Å². The van der Waals surface area contributed by atoms with Gasteiger partial charge in [-0.15, -0.1) is 0 Å². The second kappa shape index (κ2) is 6.44. The molecule has 2 unspecified atom stereocenters. The Hall–Kier alpha value is -1.30. The molecule has 98 valence electrons. The van der Waals surface area contributed by atoms with E-state index in [9.17, 15) is 9.59 Å². The van der Waals surface area contributed by atoms with E-state index in [4.69, 9.17) is 14.6 Å². The summed E-state index contributed by atoms with van der Waals surface area (Å²) in [7, 11) is 1.54. The highest BCUT2D eigenvalue weighted by molar-refractivity contribution is 5.72. The van der Waals surface area contributed by atoms with E-state index >= 15 is 0 Å². The van der Waals surface area contributed by atoms with Crippen LogP contribution < -0.4 is 0 Å². The fourth-order valence-corrected chi connectivity index (χ4v) is 2.15. The van der Waals surface area contributed by atoms with Crippen molar-refractivity contribution in [2.45, 2.75) is 38.3 Å². The third kappa shape index (κ3) is 3.59. The molecule has 1 aliphatic heterocycles. The molecule has 17 heavy (non-hydrogen) atoms. The number of carbonyl (C=O) groups is 2. The molecule has 6 heteroatoms. The first-order valence-electron chi connectivity index (χ1n) is 5.78. The molecule has 0 radical (unpaired) electrons. The van der Waals surface area contributed by atoms with Crippen LogP contribution in [-0.4, -0.2) is 54.5 Å². The minimum Gasteiger partial charge on any atom is -0.481 e. The fourth-order valence-electron chi connectivity index (χ4n) is 2.15. The molecule has 1 N–H and O–H groups in total. The van der Waals surface area contributed by atoms with Crippen molar-refractivity contribution in [3.05, 3.63) is 0 Å². The number of rotatable bonds is 4. The van der Waals surface area contributed by atoms with Gasteiger partial charge in [0.05, 0.1) is 25.2 Å². The van der Waals surface area contributed by atoms with E-state index in [2.05, 4.69) is 0 Å². The number of carbonyl (C=O) groups excluding carboxylic acids is 1. The van der Waals surface area contributed by atoms with E-state index < -0.39 is 18.1 Å². The summed E-state index contributed by atoms with van der Waals surface area (Å²) in [6.45, 7) is 2.53. The second-order valence-corrected chi connectivity index (χ2v) is 3.97. The van der Waals surface area contributed by atoms with Crippen LogP contribution in [0.5, 0.6) is 0 Å². The lowest BCUT2D eigenvalue weighted by Crippen LogP contribution is -2.52. The van der Waals surface area contributed by atoms with Gasteiger partial charge in [-0.05, 0) is 19.8 Å². The number of amides is 1. The number of carboxylic acids is 1. The standard InChI is InChI=1S/C11H19NO5/c1-3-17-11(15)12-6-4-5-9(16-2)8(12)7-10(13)14/h8-9H,3-7H2,1-2H3,(H,13,14). The largest absolute Gasteiger partial charge is 0.481 e. The monoisotopic (exact) mass is 245 g/mol. The Morgan fingerprint density at radius 3 is 2.71 bits per heavy atom. The van der Waals surface area contributed by atoms with E-state index in [-0.39, 0.29) is 19.1 Å². The topological polar surface area (TPSA) is 76.1 Å². The predicted octanol–water partition coefficient (Wildman–Crippen LogP) is 1.10. The quantitative estimate of drug-likeness (QED) is 0.802. The number of hydrogen-bond donors (Lipinski definition) is 1. The molecular formula is C11H19NO5. The van der Waals surface area contributed by atoms with Crippen molar-refractivity contribution in [2.75, 3.05) is 20.3 Å². The van der Waals surface area contributed by atoms with Gasteiger partial charge in [0.15, 0.2) is 0 Å². The molecular weight excluding hydrogens is 226 g/mol. The average Bonchev–Trinajstić information content (AvgIpc) is 2.28. The summed E-state index contributed by atoms with van der Waals surface area (Å²) in [5.41, 5.74) is 0. The Morgan fingerprint density at radius 2 is 2.18 bits per heavy atom. The lowest BCUT2D eigenvalue weighted by atomic mass is 9.96. The van der Waals surface area contributed by atoms with E-state index in [1.165, 1.54) is 12.0 Å². The lowest BCUT2D eigenvalue weighted by molar-refractivity contribution is -0.140. The molecule has 1 fully saturated rings. The molecule has 1 saturated heterocycles. The molecule has 0 aromatic carbocycles. The second-order valence-electron chi connectivity index (χ2n) is 3.97. The van der Waals surface area contributed by atoms with Crippen molar-refractivity contribution in [3.8, 4) is 0 Å². The summed E-state index contributed by atoms with van der Waals surface area (Å²) < 4.78 is 10.2. The maximum atomic E-state index is 11.7. The maximum absolute atomic E-state index is 11.7. The van der Waals surface area contributed by atoms with Crippen LogP contribution in [0.25, 0.3) is 0 Å². The van der Waals surface area contributed by atoms with Gasteiger partial charge in [0.1, 0.15) is 0 Å². The van der Waals surface area contributed by atoms with Gasteiger partial charge < -0.3 is 19.5 Å². The molecule has 0 aromatic rings. The van der Waals surface area contributed by atoms with Crippen LogP contribution in [0.3, 0.4) is 0 Å². The number of hydrogen-bond acceptors (Lipinski definition) is 4. The minimum absolute atomic E-state index is 0.114. The first kappa shape index (κ1) is 13.8. The Labute approximate surface area is 100 Å². The van der Waals surface area contributed by atoms with Crippen LogP contribution in [0.2, 0.25) is 0 Å². The van der Waals surface area contributed by atoms with Gasteiger partial charge >= 0.3 is 12.1 Å². The minimum atomic E-state index is -0.937. The van der Waals surface area contributed by atoms with Crippen molar-refractivity contribution < 1.29 is 24.2 Å². The molecule has 1 rings (SSSR count). The first-order valence-corrected chi connectivity index (χ1v) is 5.78. The summed E-state index contributed by atoms with van der Waals surface area (Å²) in [4.78, 5) is 24.0. The maximum Gasteiger partial charge on any atom is 0.410 e. The normalized spacial score (nSPS) is 24.5. The van der Waals surface area contributed by atoms with Crippen molar-refractivity contribution in [1.29, 1.82) is 0 Å². The van der Waals surface area contributed by atoms with Gasteiger partial charge in [0.25, 0.3) is 0 Å². The molecule has 1 amide bonds. The Morgan fingerprint density at radius 1 is 1.47 bits per heavy atom. The van der Waals surface area contributed by atoms with Crippen LogP contribution >= 0.6 is 0 Å². The molecule has 6 nitrogen and oxygen atoms in total. The number of likely N-dealkylation sites (tertiary alicyclic amines) is 1. The number of carboxylic acid groups (broad SMARTS) is 1. The molecule has 0 saturated carbocycles. The number of aliphatic carboxylic acids is 1.